The normalized spacial score (nSPS) is 11.3. The SMILES string of the molecule is NC(=S)CCC(NC(=O)Nc1ccc(C(=O)O)c(O)c1)C(=O)O. The van der Waals surface area contributed by atoms with Crippen molar-refractivity contribution in [1.82, 2.24) is 5.32 Å². The summed E-state index contributed by atoms with van der Waals surface area (Å²) in [6, 6.07) is 1.38. The molecule has 2 amide bonds. The second kappa shape index (κ2) is 7.94. The summed E-state index contributed by atoms with van der Waals surface area (Å²) in [6.45, 7) is 0. The number of carboxylic acid groups (broad SMARTS) is 2. The highest BCUT2D eigenvalue weighted by molar-refractivity contribution is 7.80. The van der Waals surface area contributed by atoms with E-state index in [4.69, 9.17) is 15.9 Å². The summed E-state index contributed by atoms with van der Waals surface area (Å²) in [5.74, 6) is -3.10. The zero-order chi connectivity index (χ0) is 17.6. The van der Waals surface area contributed by atoms with Crippen LogP contribution >= 0.6 is 12.2 Å². The summed E-state index contributed by atoms with van der Waals surface area (Å²) in [4.78, 5) is 33.7. The molecule has 0 aromatic heterocycles. The van der Waals surface area contributed by atoms with Crippen LogP contribution in [0.15, 0.2) is 18.2 Å². The van der Waals surface area contributed by atoms with E-state index < -0.39 is 29.8 Å². The number of aromatic hydroxyl groups is 1. The zero-order valence-electron chi connectivity index (χ0n) is 11.8. The van der Waals surface area contributed by atoms with Crippen LogP contribution in [0, 0.1) is 0 Å². The van der Waals surface area contributed by atoms with E-state index in [-0.39, 0.29) is 29.1 Å². The third kappa shape index (κ3) is 5.79. The molecule has 1 aromatic carbocycles. The topological polar surface area (TPSA) is 162 Å². The maximum atomic E-state index is 11.8. The van der Waals surface area contributed by atoms with Gasteiger partial charge in [-0.05, 0) is 18.6 Å². The first-order valence-corrected chi connectivity index (χ1v) is 6.76. The van der Waals surface area contributed by atoms with Gasteiger partial charge in [0, 0.05) is 18.2 Å². The van der Waals surface area contributed by atoms with E-state index in [9.17, 15) is 19.5 Å². The van der Waals surface area contributed by atoms with E-state index in [1.165, 1.54) is 6.07 Å². The number of anilines is 1. The number of nitrogens with one attached hydrogen (secondary N) is 2. The molecule has 0 aliphatic rings. The van der Waals surface area contributed by atoms with Gasteiger partial charge in [-0.3, -0.25) is 0 Å². The van der Waals surface area contributed by atoms with Crippen LogP contribution in [0.25, 0.3) is 0 Å². The van der Waals surface area contributed by atoms with Gasteiger partial charge in [-0.2, -0.15) is 0 Å². The maximum absolute atomic E-state index is 11.8. The highest BCUT2D eigenvalue weighted by Gasteiger charge is 2.20. The molecular formula is C13H15N3O6S. The Hall–Kier alpha value is -2.88. The van der Waals surface area contributed by atoms with Crippen LogP contribution in [0.1, 0.15) is 23.2 Å². The number of urea groups is 1. The minimum Gasteiger partial charge on any atom is -0.507 e. The Bertz CT molecular complexity index is 649. The van der Waals surface area contributed by atoms with Gasteiger partial charge >= 0.3 is 18.0 Å². The average Bonchev–Trinajstić information content (AvgIpc) is 2.42. The molecule has 1 atom stereocenters. The van der Waals surface area contributed by atoms with Crippen molar-refractivity contribution in [2.24, 2.45) is 5.73 Å². The number of carbonyl (C=O) groups is 3. The summed E-state index contributed by atoms with van der Waals surface area (Å²) in [5.41, 5.74) is 5.06. The Morgan fingerprint density at radius 1 is 1.26 bits per heavy atom. The van der Waals surface area contributed by atoms with Crippen molar-refractivity contribution >= 4 is 40.9 Å². The van der Waals surface area contributed by atoms with Crippen LogP contribution in [0.5, 0.6) is 5.75 Å². The summed E-state index contributed by atoms with van der Waals surface area (Å²) in [6.07, 6.45) is 0.183. The molecule has 0 radical (unpaired) electrons. The number of aliphatic carboxylic acids is 1. The largest absolute Gasteiger partial charge is 0.507 e. The van der Waals surface area contributed by atoms with Crippen LogP contribution in [-0.4, -0.2) is 44.3 Å². The maximum Gasteiger partial charge on any atom is 0.339 e. The summed E-state index contributed by atoms with van der Waals surface area (Å²) in [7, 11) is 0. The highest BCUT2D eigenvalue weighted by Crippen LogP contribution is 2.21. The molecule has 10 heteroatoms. The van der Waals surface area contributed by atoms with Crippen LogP contribution in [0.4, 0.5) is 10.5 Å². The Labute approximate surface area is 136 Å². The fourth-order valence-corrected chi connectivity index (χ4v) is 1.78. The first-order valence-electron chi connectivity index (χ1n) is 6.35. The molecule has 0 heterocycles. The van der Waals surface area contributed by atoms with E-state index in [0.717, 1.165) is 12.1 Å². The minimum absolute atomic E-state index is 0.0291. The lowest BCUT2D eigenvalue weighted by molar-refractivity contribution is -0.139. The number of thiocarbonyl (C=S) groups is 1. The summed E-state index contributed by atoms with van der Waals surface area (Å²) < 4.78 is 0. The van der Waals surface area contributed by atoms with E-state index in [2.05, 4.69) is 22.9 Å². The van der Waals surface area contributed by atoms with Crippen molar-refractivity contribution in [1.29, 1.82) is 0 Å². The minimum atomic E-state index is -1.32. The second-order valence-corrected chi connectivity index (χ2v) is 5.06. The van der Waals surface area contributed by atoms with Crippen molar-refractivity contribution in [2.45, 2.75) is 18.9 Å². The molecule has 0 aliphatic carbocycles. The van der Waals surface area contributed by atoms with Crippen molar-refractivity contribution in [2.75, 3.05) is 5.32 Å². The van der Waals surface area contributed by atoms with Crippen molar-refractivity contribution in [3.63, 3.8) is 0 Å². The average molecular weight is 341 g/mol. The standard InChI is InChI=1S/C13H15N3O6S/c14-10(23)4-3-8(12(20)21)16-13(22)15-6-1-2-7(11(18)19)9(17)5-6/h1-2,5,8,17H,3-4H2,(H2,14,23)(H,18,19)(H,20,21)(H2,15,16,22). The van der Waals surface area contributed by atoms with Gasteiger partial charge in [-0.15, -0.1) is 0 Å². The van der Waals surface area contributed by atoms with Crippen molar-refractivity contribution in [3.8, 4) is 5.75 Å². The monoisotopic (exact) mass is 341 g/mol. The quantitative estimate of drug-likeness (QED) is 0.395. The molecule has 0 fully saturated rings. The number of hydrogen-bond donors (Lipinski definition) is 6. The second-order valence-electron chi connectivity index (χ2n) is 4.53. The number of amides is 2. The molecule has 0 saturated heterocycles. The van der Waals surface area contributed by atoms with E-state index >= 15 is 0 Å². The van der Waals surface area contributed by atoms with Crippen molar-refractivity contribution < 1.29 is 29.7 Å². The van der Waals surface area contributed by atoms with Gasteiger partial charge in [0.15, 0.2) is 0 Å². The Morgan fingerprint density at radius 2 is 1.91 bits per heavy atom. The Morgan fingerprint density at radius 3 is 2.39 bits per heavy atom. The first kappa shape index (κ1) is 18.2. The molecule has 1 unspecified atom stereocenters. The lowest BCUT2D eigenvalue weighted by Crippen LogP contribution is -2.43. The number of rotatable bonds is 7. The zero-order valence-corrected chi connectivity index (χ0v) is 12.6. The predicted octanol–water partition coefficient (Wildman–Crippen LogP) is 0.731. The van der Waals surface area contributed by atoms with Crippen LogP contribution < -0.4 is 16.4 Å². The molecule has 1 rings (SSSR count). The van der Waals surface area contributed by atoms with Gasteiger partial charge in [0.05, 0.1) is 4.99 Å². The molecule has 7 N–H and O–H groups in total. The third-order valence-electron chi connectivity index (χ3n) is 2.77. The number of phenols is 1. The Balaban J connectivity index is 2.71. The fourth-order valence-electron chi connectivity index (χ4n) is 1.66. The van der Waals surface area contributed by atoms with Gasteiger partial charge < -0.3 is 31.7 Å². The van der Waals surface area contributed by atoms with Crippen LogP contribution in [0.3, 0.4) is 0 Å². The highest BCUT2D eigenvalue weighted by atomic mass is 32.1. The molecule has 23 heavy (non-hydrogen) atoms. The molecule has 0 spiro atoms. The lowest BCUT2D eigenvalue weighted by atomic mass is 10.1. The predicted molar refractivity (Wildman–Crippen MR) is 84.7 cm³/mol. The molecular weight excluding hydrogens is 326 g/mol. The van der Waals surface area contributed by atoms with Gasteiger partial charge in [0.2, 0.25) is 0 Å². The van der Waals surface area contributed by atoms with E-state index in [0.29, 0.717) is 0 Å². The Kier molecular flexibility index (Phi) is 6.27. The van der Waals surface area contributed by atoms with Gasteiger partial charge in [0.25, 0.3) is 0 Å². The van der Waals surface area contributed by atoms with Crippen LogP contribution in [-0.2, 0) is 4.79 Å². The number of benzene rings is 1. The number of hydrogen-bond acceptors (Lipinski definition) is 5. The molecule has 0 aliphatic heterocycles. The number of carbonyl (C=O) groups excluding carboxylic acids is 1. The van der Waals surface area contributed by atoms with Crippen LogP contribution in [0.2, 0.25) is 0 Å². The molecule has 0 bridgehead atoms. The van der Waals surface area contributed by atoms with Gasteiger partial charge in [-0.25, -0.2) is 14.4 Å². The summed E-state index contributed by atoms with van der Waals surface area (Å²) >= 11 is 4.65. The van der Waals surface area contributed by atoms with Crippen molar-refractivity contribution in [3.05, 3.63) is 23.8 Å². The summed E-state index contributed by atoms with van der Waals surface area (Å²) in [5, 5.41) is 31.8. The number of carboxylic acids is 2. The molecule has 1 aromatic rings. The van der Waals surface area contributed by atoms with E-state index in [1.54, 1.807) is 0 Å². The fraction of sp³-hybridized carbons (Fsp3) is 0.231. The van der Waals surface area contributed by atoms with Gasteiger partial charge in [0.1, 0.15) is 17.4 Å². The molecule has 124 valence electrons. The smallest absolute Gasteiger partial charge is 0.339 e. The third-order valence-corrected chi connectivity index (χ3v) is 2.97. The lowest BCUT2D eigenvalue weighted by Gasteiger charge is -2.15. The molecule has 0 saturated carbocycles. The molecule has 9 nitrogen and oxygen atoms in total. The van der Waals surface area contributed by atoms with Gasteiger partial charge in [-0.1, -0.05) is 12.2 Å². The number of nitrogens with two attached hydrogens (primary N) is 1. The number of aromatic carboxylic acids is 1. The van der Waals surface area contributed by atoms with E-state index in [1.807, 2.05) is 0 Å². The first-order chi connectivity index (χ1) is 10.7.